The van der Waals surface area contributed by atoms with Gasteiger partial charge in [0, 0.05) is 6.42 Å². The van der Waals surface area contributed by atoms with Gasteiger partial charge in [0.05, 0.1) is 12.8 Å². The van der Waals surface area contributed by atoms with Gasteiger partial charge in [-0.1, -0.05) is 54.6 Å². The molecule has 1 fully saturated rings. The molecule has 1 atom stereocenters. The summed E-state index contributed by atoms with van der Waals surface area (Å²) in [5.74, 6) is 0.218. The zero-order valence-corrected chi connectivity index (χ0v) is 14.3. The zero-order valence-electron chi connectivity index (χ0n) is 14.3. The number of ether oxygens (including phenoxy) is 1. The van der Waals surface area contributed by atoms with Crippen LogP contribution in [0.5, 0.6) is 5.75 Å². The largest absolute Gasteiger partial charge is 0.495 e. The molecule has 1 heterocycles. The van der Waals surface area contributed by atoms with Crippen LogP contribution in [0.3, 0.4) is 0 Å². The Kier molecular flexibility index (Phi) is 4.05. The molecular formula is C21H18N2O3. The maximum atomic E-state index is 12.8. The number of anilines is 1. The predicted molar refractivity (Wildman–Crippen MR) is 100 cm³/mol. The van der Waals surface area contributed by atoms with E-state index in [1.807, 2.05) is 36.4 Å². The predicted octanol–water partition coefficient (Wildman–Crippen LogP) is 3.52. The van der Waals surface area contributed by atoms with Gasteiger partial charge in [-0.15, -0.1) is 0 Å². The molecule has 5 nitrogen and oxygen atoms in total. The normalized spacial score (nSPS) is 16.8. The third-order valence-electron chi connectivity index (χ3n) is 4.60. The van der Waals surface area contributed by atoms with E-state index in [0.29, 0.717) is 17.9 Å². The molecule has 3 aromatic carbocycles. The van der Waals surface area contributed by atoms with E-state index < -0.39 is 12.1 Å². The number of hydrogen-bond donors (Lipinski definition) is 1. The van der Waals surface area contributed by atoms with E-state index in [1.165, 1.54) is 7.11 Å². The molecule has 1 aliphatic heterocycles. The van der Waals surface area contributed by atoms with Crippen molar-refractivity contribution in [3.8, 4) is 5.75 Å². The summed E-state index contributed by atoms with van der Waals surface area (Å²) < 4.78 is 5.28. The lowest BCUT2D eigenvalue weighted by Gasteiger charge is -2.16. The third-order valence-corrected chi connectivity index (χ3v) is 4.60. The van der Waals surface area contributed by atoms with E-state index in [0.717, 1.165) is 21.2 Å². The quantitative estimate of drug-likeness (QED) is 0.736. The lowest BCUT2D eigenvalue weighted by Crippen LogP contribution is -2.32. The van der Waals surface area contributed by atoms with E-state index in [4.69, 9.17) is 4.74 Å². The van der Waals surface area contributed by atoms with E-state index >= 15 is 0 Å². The number of amides is 3. The highest BCUT2D eigenvalue weighted by molar-refractivity contribution is 6.22. The van der Waals surface area contributed by atoms with Gasteiger partial charge < -0.3 is 10.1 Å². The van der Waals surface area contributed by atoms with Crippen LogP contribution >= 0.6 is 0 Å². The highest BCUT2D eigenvalue weighted by Crippen LogP contribution is 2.30. The number of fused-ring (bicyclic) bond motifs is 1. The van der Waals surface area contributed by atoms with Crippen LogP contribution in [0.15, 0.2) is 66.7 Å². The summed E-state index contributed by atoms with van der Waals surface area (Å²) in [5, 5.41) is 5.04. The van der Waals surface area contributed by atoms with Gasteiger partial charge in [0.1, 0.15) is 11.8 Å². The lowest BCUT2D eigenvalue weighted by atomic mass is 10.0. The molecule has 3 aromatic rings. The summed E-state index contributed by atoms with van der Waals surface area (Å²) in [5.41, 5.74) is 1.46. The van der Waals surface area contributed by atoms with Crippen molar-refractivity contribution in [2.45, 2.75) is 12.5 Å². The number of urea groups is 1. The van der Waals surface area contributed by atoms with Crippen molar-refractivity contribution in [2.75, 3.05) is 12.0 Å². The molecule has 130 valence electrons. The summed E-state index contributed by atoms with van der Waals surface area (Å²) in [6.45, 7) is 0. The minimum absolute atomic E-state index is 0.271. The van der Waals surface area contributed by atoms with E-state index in [-0.39, 0.29) is 5.91 Å². The highest BCUT2D eigenvalue weighted by Gasteiger charge is 2.40. The van der Waals surface area contributed by atoms with E-state index in [1.54, 1.807) is 24.3 Å². The Morgan fingerprint density at radius 1 is 0.962 bits per heavy atom. The molecule has 1 unspecified atom stereocenters. The Hall–Kier alpha value is -3.34. The number of carbonyl (C=O) groups excluding carboxylic acids is 2. The van der Waals surface area contributed by atoms with Gasteiger partial charge in [-0.25, -0.2) is 9.69 Å². The number of carbonyl (C=O) groups is 2. The van der Waals surface area contributed by atoms with Crippen molar-refractivity contribution >= 4 is 28.4 Å². The Labute approximate surface area is 151 Å². The van der Waals surface area contributed by atoms with Crippen LogP contribution in [0.4, 0.5) is 10.5 Å². The maximum Gasteiger partial charge on any atom is 0.329 e. The average molecular weight is 346 g/mol. The SMILES string of the molecule is COc1ccccc1N1C(=O)NC(Cc2ccc3ccccc3c2)C1=O. The maximum absolute atomic E-state index is 12.8. The molecule has 0 spiro atoms. The molecule has 3 amide bonds. The topological polar surface area (TPSA) is 58.6 Å². The molecule has 0 radical (unpaired) electrons. The first kappa shape index (κ1) is 16.1. The van der Waals surface area contributed by atoms with E-state index in [9.17, 15) is 9.59 Å². The van der Waals surface area contributed by atoms with Crippen molar-refractivity contribution < 1.29 is 14.3 Å². The van der Waals surface area contributed by atoms with Crippen LogP contribution in [0.2, 0.25) is 0 Å². The van der Waals surface area contributed by atoms with E-state index in [2.05, 4.69) is 11.4 Å². The molecule has 5 heteroatoms. The molecule has 1 aliphatic rings. The Morgan fingerprint density at radius 2 is 1.69 bits per heavy atom. The first-order valence-electron chi connectivity index (χ1n) is 8.42. The van der Waals surface area contributed by atoms with Crippen LogP contribution in [0.1, 0.15) is 5.56 Å². The molecule has 0 aromatic heterocycles. The smallest absolute Gasteiger partial charge is 0.329 e. The minimum Gasteiger partial charge on any atom is -0.495 e. The van der Waals surface area contributed by atoms with Gasteiger partial charge >= 0.3 is 6.03 Å². The fourth-order valence-corrected chi connectivity index (χ4v) is 3.31. The van der Waals surface area contributed by atoms with Crippen molar-refractivity contribution in [1.82, 2.24) is 5.32 Å². The third kappa shape index (κ3) is 2.77. The van der Waals surface area contributed by atoms with Gasteiger partial charge in [-0.05, 0) is 28.5 Å². The number of para-hydroxylation sites is 2. The molecule has 4 rings (SSSR count). The number of imide groups is 1. The summed E-state index contributed by atoms with van der Waals surface area (Å²) in [4.78, 5) is 26.4. The molecule has 0 bridgehead atoms. The van der Waals surface area contributed by atoms with Crippen molar-refractivity contribution in [3.05, 3.63) is 72.3 Å². The second-order valence-corrected chi connectivity index (χ2v) is 6.23. The number of rotatable bonds is 4. The molecule has 0 saturated carbocycles. The first-order valence-corrected chi connectivity index (χ1v) is 8.42. The van der Waals surface area contributed by atoms with Crippen LogP contribution in [-0.4, -0.2) is 25.1 Å². The summed E-state index contributed by atoms with van der Waals surface area (Å²) in [6.07, 6.45) is 0.445. The Balaban J connectivity index is 1.60. The van der Waals surface area contributed by atoms with Crippen LogP contribution < -0.4 is 15.0 Å². The van der Waals surface area contributed by atoms with Crippen molar-refractivity contribution in [2.24, 2.45) is 0 Å². The van der Waals surface area contributed by atoms with Gasteiger partial charge in [-0.2, -0.15) is 0 Å². The zero-order chi connectivity index (χ0) is 18.1. The minimum atomic E-state index is -0.589. The lowest BCUT2D eigenvalue weighted by molar-refractivity contribution is -0.118. The van der Waals surface area contributed by atoms with Gasteiger partial charge in [0.15, 0.2) is 0 Å². The Bertz CT molecular complexity index is 999. The average Bonchev–Trinajstić information content (AvgIpc) is 2.94. The summed E-state index contributed by atoms with van der Waals surface area (Å²) >= 11 is 0. The highest BCUT2D eigenvalue weighted by atomic mass is 16.5. The van der Waals surface area contributed by atoms with Crippen molar-refractivity contribution in [1.29, 1.82) is 0 Å². The number of nitrogens with one attached hydrogen (secondary N) is 1. The van der Waals surface area contributed by atoms with Crippen LogP contribution in [0, 0.1) is 0 Å². The van der Waals surface area contributed by atoms with Crippen LogP contribution in [-0.2, 0) is 11.2 Å². The number of methoxy groups -OCH3 is 1. The first-order chi connectivity index (χ1) is 12.7. The number of hydrogen-bond acceptors (Lipinski definition) is 3. The summed E-state index contributed by atoms with van der Waals surface area (Å²) in [6, 6.07) is 20.1. The standard InChI is InChI=1S/C21H18N2O3/c1-26-19-9-5-4-8-18(19)23-20(24)17(22-21(23)25)13-14-10-11-15-6-2-3-7-16(15)12-14/h2-12,17H,13H2,1H3,(H,22,25). The Morgan fingerprint density at radius 3 is 2.50 bits per heavy atom. The van der Waals surface area contributed by atoms with Gasteiger partial charge in [0.2, 0.25) is 0 Å². The fraction of sp³-hybridized carbons (Fsp3) is 0.143. The molecule has 0 aliphatic carbocycles. The monoisotopic (exact) mass is 346 g/mol. The number of nitrogens with zero attached hydrogens (tertiary/aromatic N) is 1. The van der Waals surface area contributed by atoms with Gasteiger partial charge in [0.25, 0.3) is 5.91 Å². The molecule has 1 saturated heterocycles. The number of benzene rings is 3. The second kappa shape index (κ2) is 6.52. The fourth-order valence-electron chi connectivity index (χ4n) is 3.31. The molecule has 1 N–H and O–H groups in total. The van der Waals surface area contributed by atoms with Crippen molar-refractivity contribution in [3.63, 3.8) is 0 Å². The summed E-state index contributed by atoms with van der Waals surface area (Å²) in [7, 11) is 1.52. The molecular weight excluding hydrogens is 328 g/mol. The molecule has 26 heavy (non-hydrogen) atoms. The van der Waals surface area contributed by atoms with Gasteiger partial charge in [-0.3, -0.25) is 4.79 Å². The second-order valence-electron chi connectivity index (χ2n) is 6.23. The van der Waals surface area contributed by atoms with Crippen LogP contribution in [0.25, 0.3) is 10.8 Å².